The van der Waals surface area contributed by atoms with Gasteiger partial charge in [0.15, 0.2) is 0 Å². The molecule has 1 rings (SSSR count). The summed E-state index contributed by atoms with van der Waals surface area (Å²) < 4.78 is 5.39. The van der Waals surface area contributed by atoms with Crippen molar-refractivity contribution in [2.24, 2.45) is 0 Å². The third-order valence-corrected chi connectivity index (χ3v) is 5.86. The summed E-state index contributed by atoms with van der Waals surface area (Å²) in [4.78, 5) is 41.1. The Morgan fingerprint density at radius 2 is 1.85 bits per heavy atom. The summed E-state index contributed by atoms with van der Waals surface area (Å²) >= 11 is 1.59. The Balaban J connectivity index is 3.24. The maximum atomic E-state index is 13.7. The molecule has 1 aromatic rings. The molecule has 192 valence electrons. The molecule has 0 saturated carbocycles. The van der Waals surface area contributed by atoms with Gasteiger partial charge in [0.2, 0.25) is 11.8 Å². The Morgan fingerprint density at radius 3 is 2.41 bits per heavy atom. The number of benzene rings is 1. The van der Waals surface area contributed by atoms with E-state index in [1.165, 1.54) is 0 Å². The van der Waals surface area contributed by atoms with Crippen molar-refractivity contribution >= 4 is 29.7 Å². The van der Waals surface area contributed by atoms with Gasteiger partial charge in [-0.3, -0.25) is 9.59 Å². The van der Waals surface area contributed by atoms with Crippen molar-refractivity contribution in [3.8, 4) is 0 Å². The van der Waals surface area contributed by atoms with E-state index in [0.717, 1.165) is 30.4 Å². The summed E-state index contributed by atoms with van der Waals surface area (Å²) in [5, 5.41) is 5.75. The van der Waals surface area contributed by atoms with Gasteiger partial charge in [0, 0.05) is 13.1 Å². The predicted octanol–water partition coefficient (Wildman–Crippen LogP) is 4.84. The van der Waals surface area contributed by atoms with E-state index >= 15 is 0 Å². The van der Waals surface area contributed by atoms with E-state index in [1.54, 1.807) is 37.4 Å². The summed E-state index contributed by atoms with van der Waals surface area (Å²) in [7, 11) is 0. The number of carbonyl (C=O) groups is 3. The standard InChI is InChI=1S/C26H43N3O4S/c1-8-10-11-16-27-23(30)22(20-14-12-13-19(3)18-20)29(9-2)24(31)21(15-17-34-7)28-25(32)33-26(4,5)6/h12-14,18,21-22H,8-11,15-17H2,1-7H3,(H,27,30)(H,28,32). The molecule has 8 heteroatoms. The molecule has 0 fully saturated rings. The highest BCUT2D eigenvalue weighted by molar-refractivity contribution is 7.98. The van der Waals surface area contributed by atoms with Crippen molar-refractivity contribution in [3.05, 3.63) is 35.4 Å². The molecule has 0 bridgehead atoms. The number of nitrogens with one attached hydrogen (secondary N) is 2. The zero-order chi connectivity index (χ0) is 25.7. The predicted molar refractivity (Wildman–Crippen MR) is 140 cm³/mol. The molecule has 0 heterocycles. The number of likely N-dealkylation sites (N-methyl/N-ethyl adjacent to an activating group) is 1. The number of aryl methyl sites for hydroxylation is 1. The maximum Gasteiger partial charge on any atom is 0.408 e. The van der Waals surface area contributed by atoms with Crippen molar-refractivity contribution in [1.82, 2.24) is 15.5 Å². The molecule has 0 aliphatic carbocycles. The summed E-state index contributed by atoms with van der Waals surface area (Å²) in [6.07, 6.45) is 4.73. The fraction of sp³-hybridized carbons (Fsp3) is 0.654. The van der Waals surface area contributed by atoms with Gasteiger partial charge in [0.25, 0.3) is 0 Å². The van der Waals surface area contributed by atoms with Gasteiger partial charge in [0.1, 0.15) is 17.7 Å². The monoisotopic (exact) mass is 493 g/mol. The number of ether oxygens (including phenoxy) is 1. The van der Waals surface area contributed by atoms with Crippen molar-refractivity contribution in [3.63, 3.8) is 0 Å². The van der Waals surface area contributed by atoms with Gasteiger partial charge in [0.05, 0.1) is 0 Å². The lowest BCUT2D eigenvalue weighted by Gasteiger charge is -2.34. The summed E-state index contributed by atoms with van der Waals surface area (Å²) in [5.74, 6) is 0.178. The zero-order valence-corrected chi connectivity index (χ0v) is 22.7. The molecule has 0 aliphatic heterocycles. The van der Waals surface area contributed by atoms with Gasteiger partial charge in [-0.15, -0.1) is 0 Å². The Bertz CT molecular complexity index is 794. The van der Waals surface area contributed by atoms with E-state index in [2.05, 4.69) is 17.6 Å². The van der Waals surface area contributed by atoms with Crippen LogP contribution in [0, 0.1) is 6.92 Å². The first-order chi connectivity index (χ1) is 16.0. The van der Waals surface area contributed by atoms with Crippen LogP contribution in [0.15, 0.2) is 24.3 Å². The highest BCUT2D eigenvalue weighted by atomic mass is 32.2. The van der Waals surface area contributed by atoms with E-state index in [-0.39, 0.29) is 11.8 Å². The molecule has 34 heavy (non-hydrogen) atoms. The lowest BCUT2D eigenvalue weighted by atomic mass is 10.0. The molecule has 0 spiro atoms. The van der Waals surface area contributed by atoms with Gasteiger partial charge in [-0.1, -0.05) is 49.6 Å². The molecule has 2 unspecified atom stereocenters. The van der Waals surface area contributed by atoms with Crippen molar-refractivity contribution in [2.75, 3.05) is 25.1 Å². The van der Waals surface area contributed by atoms with E-state index in [0.29, 0.717) is 25.3 Å². The second kappa shape index (κ2) is 14.9. The number of hydrogen-bond acceptors (Lipinski definition) is 5. The van der Waals surface area contributed by atoms with Crippen LogP contribution in [0.3, 0.4) is 0 Å². The highest BCUT2D eigenvalue weighted by Crippen LogP contribution is 2.24. The largest absolute Gasteiger partial charge is 0.444 e. The normalized spacial score (nSPS) is 13.0. The van der Waals surface area contributed by atoms with E-state index in [4.69, 9.17) is 4.74 Å². The Morgan fingerprint density at radius 1 is 1.15 bits per heavy atom. The average molecular weight is 494 g/mol. The fourth-order valence-corrected chi connectivity index (χ4v) is 4.08. The molecule has 1 aromatic carbocycles. The van der Waals surface area contributed by atoms with Gasteiger partial charge >= 0.3 is 6.09 Å². The summed E-state index contributed by atoms with van der Waals surface area (Å²) in [6, 6.07) is 6.09. The first-order valence-electron chi connectivity index (χ1n) is 12.2. The summed E-state index contributed by atoms with van der Waals surface area (Å²) in [6.45, 7) is 12.1. The Kier molecular flexibility index (Phi) is 13.1. The van der Waals surface area contributed by atoms with Gasteiger partial charge < -0.3 is 20.3 Å². The van der Waals surface area contributed by atoms with E-state index < -0.39 is 23.8 Å². The first-order valence-corrected chi connectivity index (χ1v) is 13.6. The third-order valence-electron chi connectivity index (χ3n) is 5.22. The average Bonchev–Trinajstić information content (AvgIpc) is 2.75. The Hall–Kier alpha value is -2.22. The lowest BCUT2D eigenvalue weighted by molar-refractivity contribution is -0.142. The minimum atomic E-state index is -0.789. The number of unbranched alkanes of at least 4 members (excludes halogenated alkanes) is 2. The second-order valence-electron chi connectivity index (χ2n) is 9.42. The van der Waals surface area contributed by atoms with Crippen LogP contribution in [0.25, 0.3) is 0 Å². The van der Waals surface area contributed by atoms with Crippen LogP contribution in [0.4, 0.5) is 4.79 Å². The quantitative estimate of drug-likeness (QED) is 0.384. The SMILES string of the molecule is CCCCCNC(=O)C(c1cccc(C)c1)N(CC)C(=O)C(CCSC)NC(=O)OC(C)(C)C. The number of carbonyl (C=O) groups excluding carboxylic acids is 3. The topological polar surface area (TPSA) is 87.7 Å². The first kappa shape index (κ1) is 29.8. The van der Waals surface area contributed by atoms with Gasteiger partial charge in [-0.2, -0.15) is 11.8 Å². The number of nitrogens with zero attached hydrogens (tertiary/aromatic N) is 1. The number of amides is 3. The lowest BCUT2D eigenvalue weighted by Crippen LogP contribution is -2.53. The molecule has 2 atom stereocenters. The van der Waals surface area contributed by atoms with Crippen LogP contribution < -0.4 is 10.6 Å². The molecule has 0 aliphatic rings. The number of hydrogen-bond donors (Lipinski definition) is 2. The zero-order valence-electron chi connectivity index (χ0n) is 21.9. The third kappa shape index (κ3) is 10.4. The Labute approximate surface area is 209 Å². The van der Waals surface area contributed by atoms with E-state index in [9.17, 15) is 14.4 Å². The van der Waals surface area contributed by atoms with Crippen LogP contribution in [-0.2, 0) is 14.3 Å². The van der Waals surface area contributed by atoms with Crippen LogP contribution in [-0.4, -0.2) is 59.5 Å². The minimum absolute atomic E-state index is 0.210. The summed E-state index contributed by atoms with van der Waals surface area (Å²) in [5.41, 5.74) is 1.09. The van der Waals surface area contributed by atoms with Gasteiger partial charge in [-0.25, -0.2) is 4.79 Å². The minimum Gasteiger partial charge on any atom is -0.444 e. The number of rotatable bonds is 13. The van der Waals surface area contributed by atoms with Crippen molar-refractivity contribution in [2.45, 2.75) is 84.9 Å². The second-order valence-corrected chi connectivity index (χ2v) is 10.4. The molecule has 0 saturated heterocycles. The fourth-order valence-electron chi connectivity index (χ4n) is 3.61. The van der Waals surface area contributed by atoms with E-state index in [1.807, 2.05) is 44.4 Å². The molecule has 7 nitrogen and oxygen atoms in total. The van der Waals surface area contributed by atoms with Gasteiger partial charge in [-0.05, 0) is 65.0 Å². The molecular weight excluding hydrogens is 450 g/mol. The number of alkyl carbamates (subject to hydrolysis) is 1. The molecule has 0 radical (unpaired) electrons. The molecule has 0 aromatic heterocycles. The smallest absolute Gasteiger partial charge is 0.408 e. The molecular formula is C26H43N3O4S. The van der Waals surface area contributed by atoms with Crippen LogP contribution in [0.2, 0.25) is 0 Å². The van der Waals surface area contributed by atoms with Crippen LogP contribution in [0.5, 0.6) is 0 Å². The highest BCUT2D eigenvalue weighted by Gasteiger charge is 2.35. The van der Waals surface area contributed by atoms with Crippen molar-refractivity contribution in [1.29, 1.82) is 0 Å². The van der Waals surface area contributed by atoms with Crippen LogP contribution >= 0.6 is 11.8 Å². The maximum absolute atomic E-state index is 13.7. The van der Waals surface area contributed by atoms with Crippen molar-refractivity contribution < 1.29 is 19.1 Å². The molecule has 3 amide bonds. The molecule has 2 N–H and O–H groups in total. The number of thioether (sulfide) groups is 1. The van der Waals surface area contributed by atoms with Crippen LogP contribution in [0.1, 0.15) is 77.5 Å².